The van der Waals surface area contributed by atoms with Crippen molar-refractivity contribution in [1.82, 2.24) is 0 Å². The van der Waals surface area contributed by atoms with Crippen LogP contribution in [0.3, 0.4) is 0 Å². The quantitative estimate of drug-likeness (QED) is 0.516. The molecule has 0 saturated heterocycles. The Morgan fingerprint density at radius 1 is 1.00 bits per heavy atom. The first-order chi connectivity index (χ1) is 11.9. The molecule has 25 heavy (non-hydrogen) atoms. The van der Waals surface area contributed by atoms with Crippen molar-refractivity contribution < 1.29 is 19.1 Å². The largest absolute Gasteiger partial charge is 0.462 e. The summed E-state index contributed by atoms with van der Waals surface area (Å²) in [5, 5.41) is 0. The fourth-order valence-corrected chi connectivity index (χ4v) is 3.52. The maximum atomic E-state index is 12.8. The lowest BCUT2D eigenvalue weighted by molar-refractivity contribution is 0.0482. The molecule has 0 heterocycles. The number of ether oxygens (including phenoxy) is 1. The number of hydrogen-bond acceptors (Lipinski definition) is 4. The Hall–Kier alpha value is -2.17. The first-order valence-corrected chi connectivity index (χ1v) is 8.52. The second-order valence-electron chi connectivity index (χ2n) is 6.19. The molecule has 126 valence electrons. The molecule has 0 aliphatic heterocycles. The molecule has 2 aliphatic carbocycles. The molecule has 4 rings (SSSR count). The fraction of sp³-hybridized carbons (Fsp3) is 0.211. The average molecular weight is 375 g/mol. The summed E-state index contributed by atoms with van der Waals surface area (Å²) in [6, 6.07) is 11.2. The van der Waals surface area contributed by atoms with Gasteiger partial charge in [-0.15, -0.1) is 23.2 Å². The molecule has 2 aromatic carbocycles. The molecular formula is C19H12Cl2O4. The standard InChI is InChI=1S/C19H12Cl2O4/c20-19(21)8-10(19)9-25-18(24)14-7-3-6-13-15(14)17(23)12-5-2-1-4-11(12)16(13)22/h1-7,10H,8-9H2/t10-/m0/s1. The van der Waals surface area contributed by atoms with E-state index >= 15 is 0 Å². The minimum atomic E-state index is -0.846. The second-order valence-corrected chi connectivity index (χ2v) is 7.73. The lowest BCUT2D eigenvalue weighted by atomic mass is 9.82. The van der Waals surface area contributed by atoms with Gasteiger partial charge in [0.05, 0.1) is 12.2 Å². The monoisotopic (exact) mass is 374 g/mol. The minimum Gasteiger partial charge on any atom is -0.462 e. The molecule has 2 aromatic rings. The molecule has 0 amide bonds. The zero-order chi connectivity index (χ0) is 17.8. The Morgan fingerprint density at radius 2 is 1.60 bits per heavy atom. The third-order valence-corrected chi connectivity index (χ3v) is 5.47. The van der Waals surface area contributed by atoms with Crippen molar-refractivity contribution in [3.8, 4) is 0 Å². The number of halogens is 2. The van der Waals surface area contributed by atoms with Crippen LogP contribution in [0.4, 0.5) is 0 Å². The number of esters is 1. The molecule has 0 aromatic heterocycles. The molecule has 0 bridgehead atoms. The first-order valence-electron chi connectivity index (χ1n) is 7.76. The van der Waals surface area contributed by atoms with Crippen molar-refractivity contribution >= 4 is 40.7 Å². The predicted octanol–water partition coefficient (Wildman–Crippen LogP) is 3.81. The Balaban J connectivity index is 1.69. The summed E-state index contributed by atoms with van der Waals surface area (Å²) >= 11 is 11.9. The zero-order valence-corrected chi connectivity index (χ0v) is 14.4. The third kappa shape index (κ3) is 2.66. The number of alkyl halides is 2. The van der Waals surface area contributed by atoms with E-state index in [0.29, 0.717) is 17.5 Å². The zero-order valence-electron chi connectivity index (χ0n) is 12.9. The minimum absolute atomic E-state index is 0.0776. The Bertz CT molecular complexity index is 933. The van der Waals surface area contributed by atoms with E-state index in [2.05, 4.69) is 0 Å². The lowest BCUT2D eigenvalue weighted by Gasteiger charge is -2.19. The van der Waals surface area contributed by atoms with Crippen LogP contribution >= 0.6 is 23.2 Å². The van der Waals surface area contributed by atoms with Crippen LogP contribution in [-0.4, -0.2) is 28.5 Å². The summed E-state index contributed by atoms with van der Waals surface area (Å²) in [4.78, 5) is 37.9. The van der Waals surface area contributed by atoms with Crippen LogP contribution in [0.1, 0.15) is 48.6 Å². The van der Waals surface area contributed by atoms with Gasteiger partial charge < -0.3 is 4.74 Å². The van der Waals surface area contributed by atoms with E-state index in [4.69, 9.17) is 27.9 Å². The second kappa shape index (κ2) is 5.68. The van der Waals surface area contributed by atoms with Crippen molar-refractivity contribution in [3.63, 3.8) is 0 Å². The Morgan fingerprint density at radius 3 is 2.24 bits per heavy atom. The molecule has 0 N–H and O–H groups in total. The van der Waals surface area contributed by atoms with Gasteiger partial charge in [-0.3, -0.25) is 9.59 Å². The van der Waals surface area contributed by atoms with E-state index in [9.17, 15) is 14.4 Å². The highest BCUT2D eigenvalue weighted by Crippen LogP contribution is 2.53. The van der Waals surface area contributed by atoms with Crippen LogP contribution in [0.25, 0.3) is 0 Å². The van der Waals surface area contributed by atoms with Crippen LogP contribution in [0.5, 0.6) is 0 Å². The van der Waals surface area contributed by atoms with Crippen LogP contribution in [0, 0.1) is 5.92 Å². The fourth-order valence-electron chi connectivity index (χ4n) is 3.02. The maximum absolute atomic E-state index is 12.8. The average Bonchev–Trinajstić information content (AvgIpc) is 3.23. The van der Waals surface area contributed by atoms with E-state index < -0.39 is 10.3 Å². The molecule has 2 aliphatic rings. The summed E-state index contributed by atoms with van der Waals surface area (Å²) < 4.78 is 4.41. The maximum Gasteiger partial charge on any atom is 0.338 e. The van der Waals surface area contributed by atoms with Crippen molar-refractivity contribution in [2.45, 2.75) is 10.8 Å². The van der Waals surface area contributed by atoms with E-state index in [-0.39, 0.29) is 40.8 Å². The Labute approximate surface area is 153 Å². The molecule has 6 heteroatoms. The van der Waals surface area contributed by atoms with Crippen LogP contribution < -0.4 is 0 Å². The smallest absolute Gasteiger partial charge is 0.338 e. The van der Waals surface area contributed by atoms with Gasteiger partial charge in [0.15, 0.2) is 11.6 Å². The summed E-state index contributed by atoms with van der Waals surface area (Å²) in [5.74, 6) is -1.40. The Kier molecular flexibility index (Phi) is 3.71. The van der Waals surface area contributed by atoms with Crippen LogP contribution in [-0.2, 0) is 4.74 Å². The summed E-state index contributed by atoms with van der Waals surface area (Å²) in [6.07, 6.45) is 0.557. The van der Waals surface area contributed by atoms with E-state index in [0.717, 1.165) is 0 Å². The normalized spacial score (nSPS) is 19.8. The molecule has 0 radical (unpaired) electrons. The van der Waals surface area contributed by atoms with Gasteiger partial charge >= 0.3 is 5.97 Å². The first kappa shape index (κ1) is 16.3. The van der Waals surface area contributed by atoms with Crippen LogP contribution in [0.15, 0.2) is 42.5 Å². The van der Waals surface area contributed by atoms with Gasteiger partial charge in [-0.2, -0.15) is 0 Å². The number of rotatable bonds is 3. The SMILES string of the molecule is O=C(OC[C@@H]1CC1(Cl)Cl)c1cccc2c1C(=O)c1ccccc1C2=O. The summed E-state index contributed by atoms with van der Waals surface area (Å²) in [5.41, 5.74) is 1.03. The number of benzene rings is 2. The summed E-state index contributed by atoms with van der Waals surface area (Å²) in [7, 11) is 0. The van der Waals surface area contributed by atoms with Crippen molar-refractivity contribution in [2.75, 3.05) is 6.61 Å². The molecule has 0 spiro atoms. The van der Waals surface area contributed by atoms with Crippen LogP contribution in [0.2, 0.25) is 0 Å². The highest BCUT2D eigenvalue weighted by atomic mass is 35.5. The topological polar surface area (TPSA) is 60.4 Å². The number of fused-ring (bicyclic) bond motifs is 2. The molecule has 0 unspecified atom stereocenters. The molecular weight excluding hydrogens is 363 g/mol. The van der Waals surface area contributed by atoms with Gasteiger partial charge in [0.2, 0.25) is 0 Å². The van der Waals surface area contributed by atoms with Gasteiger partial charge in [0, 0.05) is 28.2 Å². The van der Waals surface area contributed by atoms with E-state index in [1.165, 1.54) is 6.07 Å². The van der Waals surface area contributed by atoms with Gasteiger partial charge in [-0.05, 0) is 12.5 Å². The number of carbonyl (C=O) groups excluding carboxylic acids is 3. The van der Waals surface area contributed by atoms with Gasteiger partial charge in [0.25, 0.3) is 0 Å². The van der Waals surface area contributed by atoms with E-state index in [1.807, 2.05) is 0 Å². The van der Waals surface area contributed by atoms with E-state index in [1.54, 1.807) is 36.4 Å². The third-order valence-electron chi connectivity index (χ3n) is 4.54. The van der Waals surface area contributed by atoms with Crippen molar-refractivity contribution in [3.05, 3.63) is 70.3 Å². The highest BCUT2D eigenvalue weighted by Gasteiger charge is 2.52. The van der Waals surface area contributed by atoms with Crippen molar-refractivity contribution in [2.24, 2.45) is 5.92 Å². The number of ketones is 2. The molecule has 1 fully saturated rings. The molecule has 1 saturated carbocycles. The number of hydrogen-bond donors (Lipinski definition) is 0. The van der Waals surface area contributed by atoms with Gasteiger partial charge in [0.1, 0.15) is 4.33 Å². The highest BCUT2D eigenvalue weighted by molar-refractivity contribution is 6.50. The summed E-state index contributed by atoms with van der Waals surface area (Å²) in [6.45, 7) is 0.0776. The molecule has 1 atom stereocenters. The van der Waals surface area contributed by atoms with Gasteiger partial charge in [-0.25, -0.2) is 4.79 Å². The van der Waals surface area contributed by atoms with Gasteiger partial charge in [-0.1, -0.05) is 36.4 Å². The molecule has 4 nitrogen and oxygen atoms in total. The van der Waals surface area contributed by atoms with Crippen molar-refractivity contribution in [1.29, 1.82) is 0 Å². The number of carbonyl (C=O) groups is 3. The predicted molar refractivity (Wildman–Crippen MR) is 92.6 cm³/mol. The lowest BCUT2D eigenvalue weighted by Crippen LogP contribution is -2.24.